The van der Waals surface area contributed by atoms with Gasteiger partial charge >= 0.3 is 0 Å². The first kappa shape index (κ1) is 14.0. The SMILES string of the molecule is CC(N)c1cccc(Oc2cccc3c2OC(C)(C)C3)c1. The summed E-state index contributed by atoms with van der Waals surface area (Å²) in [7, 11) is 0. The summed E-state index contributed by atoms with van der Waals surface area (Å²) in [4.78, 5) is 0. The zero-order valence-corrected chi connectivity index (χ0v) is 12.7. The number of benzene rings is 2. The summed E-state index contributed by atoms with van der Waals surface area (Å²) in [5.41, 5.74) is 8.00. The van der Waals surface area contributed by atoms with Crippen LogP contribution in [-0.2, 0) is 6.42 Å². The fourth-order valence-electron chi connectivity index (χ4n) is 2.66. The van der Waals surface area contributed by atoms with E-state index < -0.39 is 0 Å². The van der Waals surface area contributed by atoms with Crippen LogP contribution in [0.2, 0.25) is 0 Å². The van der Waals surface area contributed by atoms with Gasteiger partial charge in [-0.05, 0) is 44.5 Å². The highest BCUT2D eigenvalue weighted by Gasteiger charge is 2.32. The van der Waals surface area contributed by atoms with Crippen LogP contribution in [0.3, 0.4) is 0 Å². The molecule has 1 aliphatic rings. The number of hydrogen-bond acceptors (Lipinski definition) is 3. The topological polar surface area (TPSA) is 44.5 Å². The Kier molecular flexibility index (Phi) is 3.38. The van der Waals surface area contributed by atoms with Crippen LogP contribution in [-0.4, -0.2) is 5.60 Å². The second kappa shape index (κ2) is 5.08. The van der Waals surface area contributed by atoms with Crippen molar-refractivity contribution < 1.29 is 9.47 Å². The molecule has 3 rings (SSSR count). The molecule has 0 amide bonds. The van der Waals surface area contributed by atoms with Gasteiger partial charge in [-0.25, -0.2) is 0 Å². The summed E-state index contributed by atoms with van der Waals surface area (Å²) in [6.07, 6.45) is 0.902. The van der Waals surface area contributed by atoms with Crippen molar-refractivity contribution in [3.8, 4) is 17.2 Å². The van der Waals surface area contributed by atoms with Gasteiger partial charge in [0.05, 0.1) is 0 Å². The predicted molar refractivity (Wildman–Crippen MR) is 84.0 cm³/mol. The smallest absolute Gasteiger partial charge is 0.169 e. The lowest BCUT2D eigenvalue weighted by atomic mass is 10.0. The predicted octanol–water partition coefficient (Wildman–Crippen LogP) is 4.21. The molecule has 0 aromatic heterocycles. The molecule has 0 saturated heterocycles. The molecule has 0 fully saturated rings. The van der Waals surface area contributed by atoms with Crippen molar-refractivity contribution in [2.75, 3.05) is 0 Å². The number of rotatable bonds is 3. The fourth-order valence-corrected chi connectivity index (χ4v) is 2.66. The second-order valence-electron chi connectivity index (χ2n) is 6.25. The Hall–Kier alpha value is -2.00. The van der Waals surface area contributed by atoms with E-state index in [9.17, 15) is 0 Å². The molecule has 1 heterocycles. The zero-order chi connectivity index (χ0) is 15.0. The lowest BCUT2D eigenvalue weighted by Crippen LogP contribution is -2.24. The summed E-state index contributed by atoms with van der Waals surface area (Å²) >= 11 is 0. The number of ether oxygens (including phenoxy) is 2. The third kappa shape index (κ3) is 2.88. The van der Waals surface area contributed by atoms with Gasteiger partial charge in [0.2, 0.25) is 0 Å². The summed E-state index contributed by atoms with van der Waals surface area (Å²) in [5.74, 6) is 2.40. The standard InChI is InChI=1S/C18H21NO2/c1-12(19)13-6-4-8-15(10-13)20-16-9-5-7-14-11-18(2,3)21-17(14)16/h4-10,12H,11,19H2,1-3H3. The molecular weight excluding hydrogens is 262 g/mol. The van der Waals surface area contributed by atoms with Crippen LogP contribution in [0.1, 0.15) is 37.9 Å². The van der Waals surface area contributed by atoms with Gasteiger partial charge in [-0.3, -0.25) is 0 Å². The molecule has 0 saturated carbocycles. The van der Waals surface area contributed by atoms with Gasteiger partial charge in [0, 0.05) is 18.0 Å². The van der Waals surface area contributed by atoms with Gasteiger partial charge < -0.3 is 15.2 Å². The van der Waals surface area contributed by atoms with Crippen LogP contribution in [0.15, 0.2) is 42.5 Å². The molecule has 1 aliphatic heterocycles. The van der Waals surface area contributed by atoms with Crippen molar-refractivity contribution in [2.45, 2.75) is 38.8 Å². The molecule has 3 heteroatoms. The van der Waals surface area contributed by atoms with Crippen LogP contribution in [0, 0.1) is 0 Å². The molecule has 0 spiro atoms. The molecule has 2 aromatic rings. The van der Waals surface area contributed by atoms with Gasteiger partial charge in [0.15, 0.2) is 11.5 Å². The summed E-state index contributed by atoms with van der Waals surface area (Å²) < 4.78 is 12.1. The maximum atomic E-state index is 6.03. The first-order valence-electron chi connectivity index (χ1n) is 7.29. The molecule has 3 nitrogen and oxygen atoms in total. The molecular formula is C18H21NO2. The van der Waals surface area contributed by atoms with Crippen molar-refractivity contribution in [3.05, 3.63) is 53.6 Å². The molecule has 0 bridgehead atoms. The second-order valence-corrected chi connectivity index (χ2v) is 6.25. The van der Waals surface area contributed by atoms with Crippen LogP contribution in [0.5, 0.6) is 17.2 Å². The lowest BCUT2D eigenvalue weighted by Gasteiger charge is -2.18. The van der Waals surface area contributed by atoms with Gasteiger partial charge in [-0.1, -0.05) is 24.3 Å². The highest BCUT2D eigenvalue weighted by molar-refractivity contribution is 5.52. The zero-order valence-electron chi connectivity index (χ0n) is 12.7. The normalized spacial score (nSPS) is 17.0. The Bertz CT molecular complexity index is 662. The van der Waals surface area contributed by atoms with E-state index in [2.05, 4.69) is 19.9 Å². The minimum absolute atomic E-state index is 0.00905. The highest BCUT2D eigenvalue weighted by atomic mass is 16.5. The Balaban J connectivity index is 1.90. The Morgan fingerprint density at radius 1 is 1.19 bits per heavy atom. The minimum Gasteiger partial charge on any atom is -0.483 e. The lowest BCUT2D eigenvalue weighted by molar-refractivity contribution is 0.135. The maximum Gasteiger partial charge on any atom is 0.169 e. The van der Waals surface area contributed by atoms with Gasteiger partial charge in [-0.2, -0.15) is 0 Å². The van der Waals surface area contributed by atoms with Crippen LogP contribution in [0.25, 0.3) is 0 Å². The summed E-state index contributed by atoms with van der Waals surface area (Å²) in [6, 6.07) is 13.9. The van der Waals surface area contributed by atoms with Crippen LogP contribution >= 0.6 is 0 Å². The third-order valence-electron chi connectivity index (χ3n) is 3.67. The number of nitrogens with two attached hydrogens (primary N) is 1. The van der Waals surface area contributed by atoms with Crippen molar-refractivity contribution >= 4 is 0 Å². The van der Waals surface area contributed by atoms with Crippen molar-refractivity contribution in [3.63, 3.8) is 0 Å². The van der Waals surface area contributed by atoms with E-state index in [0.29, 0.717) is 0 Å². The first-order chi connectivity index (χ1) is 9.94. The Morgan fingerprint density at radius 3 is 2.71 bits per heavy atom. The third-order valence-corrected chi connectivity index (χ3v) is 3.67. The van der Waals surface area contributed by atoms with E-state index in [0.717, 1.165) is 29.2 Å². The fraction of sp³-hybridized carbons (Fsp3) is 0.333. The van der Waals surface area contributed by atoms with Gasteiger partial charge in [0.25, 0.3) is 0 Å². The van der Waals surface area contributed by atoms with Crippen molar-refractivity contribution in [1.29, 1.82) is 0 Å². The van der Waals surface area contributed by atoms with Gasteiger partial charge in [0.1, 0.15) is 11.4 Å². The average molecular weight is 283 g/mol. The molecule has 1 unspecified atom stereocenters. The quantitative estimate of drug-likeness (QED) is 0.917. The Labute approximate surface area is 125 Å². The van der Waals surface area contributed by atoms with Crippen molar-refractivity contribution in [2.24, 2.45) is 5.73 Å². The van der Waals surface area contributed by atoms with Crippen molar-refractivity contribution in [1.82, 2.24) is 0 Å². The largest absolute Gasteiger partial charge is 0.483 e. The maximum absolute atomic E-state index is 6.03. The van der Waals surface area contributed by atoms with E-state index in [-0.39, 0.29) is 11.6 Å². The molecule has 1 atom stereocenters. The number of hydrogen-bond donors (Lipinski definition) is 1. The number of para-hydroxylation sites is 1. The summed E-state index contributed by atoms with van der Waals surface area (Å²) in [6.45, 7) is 6.14. The van der Waals surface area contributed by atoms with Gasteiger partial charge in [-0.15, -0.1) is 0 Å². The Morgan fingerprint density at radius 2 is 1.95 bits per heavy atom. The molecule has 2 N–H and O–H groups in total. The molecule has 2 aromatic carbocycles. The minimum atomic E-state index is -0.171. The molecule has 110 valence electrons. The number of fused-ring (bicyclic) bond motifs is 1. The molecule has 0 aliphatic carbocycles. The monoisotopic (exact) mass is 283 g/mol. The van der Waals surface area contributed by atoms with E-state index in [1.807, 2.05) is 43.3 Å². The average Bonchev–Trinajstić information content (AvgIpc) is 2.74. The first-order valence-corrected chi connectivity index (χ1v) is 7.29. The summed E-state index contributed by atoms with van der Waals surface area (Å²) in [5, 5.41) is 0. The highest BCUT2D eigenvalue weighted by Crippen LogP contribution is 2.43. The van der Waals surface area contributed by atoms with Crippen LogP contribution in [0.4, 0.5) is 0 Å². The van der Waals surface area contributed by atoms with E-state index in [1.165, 1.54) is 5.56 Å². The van der Waals surface area contributed by atoms with E-state index in [1.54, 1.807) is 0 Å². The molecule has 21 heavy (non-hydrogen) atoms. The van der Waals surface area contributed by atoms with E-state index in [4.69, 9.17) is 15.2 Å². The molecule has 0 radical (unpaired) electrons. The van der Waals surface area contributed by atoms with E-state index >= 15 is 0 Å². The van der Waals surface area contributed by atoms with Crippen LogP contribution < -0.4 is 15.2 Å².